The molecule has 0 aliphatic heterocycles. The first-order valence-corrected chi connectivity index (χ1v) is 11.2. The highest BCUT2D eigenvalue weighted by atomic mass is 36.0. The van der Waals surface area contributed by atoms with Crippen LogP contribution in [0.2, 0.25) is 12.6 Å². The molecular formula is C4H11Cl4NSi2+. The zero-order valence-electron chi connectivity index (χ0n) is 6.43. The third-order valence-electron chi connectivity index (χ3n) is 0.832. The van der Waals surface area contributed by atoms with Gasteiger partial charge in [0.1, 0.15) is 6.72 Å². The lowest BCUT2D eigenvalue weighted by atomic mass is 11.0. The van der Waals surface area contributed by atoms with E-state index in [2.05, 4.69) is 24.8 Å². The molecule has 0 aliphatic rings. The molecule has 11 heavy (non-hydrogen) atoms. The van der Waals surface area contributed by atoms with Crippen LogP contribution < -0.4 is 4.66 Å². The Morgan fingerprint density at radius 3 is 1.64 bits per heavy atom. The molecule has 0 spiro atoms. The van der Waals surface area contributed by atoms with Gasteiger partial charge in [-0.15, -0.1) is 44.3 Å². The second-order valence-electron chi connectivity index (χ2n) is 1.74. The van der Waals surface area contributed by atoms with Gasteiger partial charge >= 0.3 is 14.3 Å². The van der Waals surface area contributed by atoms with Crippen LogP contribution in [-0.4, -0.2) is 21.0 Å². The van der Waals surface area contributed by atoms with E-state index in [1.54, 1.807) is 0 Å². The van der Waals surface area contributed by atoms with Crippen LogP contribution in [0.15, 0.2) is 0 Å². The van der Waals surface area contributed by atoms with Crippen molar-refractivity contribution in [3.05, 3.63) is 0 Å². The van der Waals surface area contributed by atoms with Crippen molar-refractivity contribution in [3.63, 3.8) is 0 Å². The lowest BCUT2D eigenvalue weighted by Crippen LogP contribution is -2.75. The molecule has 0 atom stereocenters. The summed E-state index contributed by atoms with van der Waals surface area (Å²) in [6, 6.07) is 1.26. The van der Waals surface area contributed by atoms with Crippen molar-refractivity contribution in [1.29, 1.82) is 0 Å². The van der Waals surface area contributed by atoms with E-state index < -0.39 is 5.31 Å². The van der Waals surface area contributed by atoms with E-state index in [0.717, 1.165) is 0 Å². The topological polar surface area (TPSA) is 14.0 Å². The largest absolute Gasteiger partial charge is 0.440 e. The van der Waals surface area contributed by atoms with Crippen molar-refractivity contribution >= 4 is 65.3 Å². The van der Waals surface area contributed by atoms with Crippen LogP contribution in [0.5, 0.6) is 0 Å². The molecule has 1 radical (unpaired) electrons. The van der Waals surface area contributed by atoms with E-state index in [9.17, 15) is 0 Å². The molecule has 1 N–H and O–H groups in total. The maximum atomic E-state index is 4.97. The molecule has 0 amide bonds. The van der Waals surface area contributed by atoms with Crippen LogP contribution in [-0.2, 0) is 0 Å². The number of halogens is 4. The standard InChI is InChI=1S/C4H11NSi.Cl4Si/c1-4-6(3)5-2;1-5(2,3)4/h5H,2,4H2,1,3H3;/q+1;. The summed E-state index contributed by atoms with van der Waals surface area (Å²) in [4.78, 5) is 0. The summed E-state index contributed by atoms with van der Waals surface area (Å²) >= 11 is 19.9. The molecule has 0 aromatic carbocycles. The fourth-order valence-electron chi connectivity index (χ4n) is 0.125. The van der Waals surface area contributed by atoms with Crippen molar-refractivity contribution in [2.24, 2.45) is 0 Å². The van der Waals surface area contributed by atoms with Gasteiger partial charge < -0.3 is 4.66 Å². The fraction of sp³-hybridized carbons (Fsp3) is 0.750. The molecule has 0 aliphatic carbocycles. The lowest BCUT2D eigenvalue weighted by Gasteiger charge is -1.85. The number of nitrogens with one attached hydrogen (secondary N) is 1. The summed E-state index contributed by atoms with van der Waals surface area (Å²) in [5.41, 5.74) is 0. The number of rotatable bonds is 2. The Balaban J connectivity index is 0. The molecule has 0 aromatic rings. The van der Waals surface area contributed by atoms with E-state index in [1.165, 1.54) is 6.04 Å². The quantitative estimate of drug-likeness (QED) is 0.447. The summed E-state index contributed by atoms with van der Waals surface area (Å²) in [6.45, 7) is 7.93. The van der Waals surface area contributed by atoms with E-state index in [-0.39, 0.29) is 8.96 Å². The van der Waals surface area contributed by atoms with Gasteiger partial charge in [-0.05, 0) is 6.55 Å². The molecule has 1 nitrogen and oxygen atoms in total. The first kappa shape index (κ1) is 14.8. The highest BCUT2D eigenvalue weighted by Crippen LogP contribution is 2.23. The van der Waals surface area contributed by atoms with Gasteiger partial charge in [0.25, 0.3) is 0 Å². The second-order valence-corrected chi connectivity index (χ2v) is 15.5. The molecular weight excluding hydrogens is 260 g/mol. The number of hydrogen-bond donors (Lipinski definition) is 1. The molecule has 7 heteroatoms. The monoisotopic (exact) mass is 269 g/mol. The zero-order chi connectivity index (χ0) is 9.49. The van der Waals surface area contributed by atoms with Crippen molar-refractivity contribution in [3.8, 4) is 0 Å². The smallest absolute Gasteiger partial charge is 0.327 e. The fourth-order valence-corrected chi connectivity index (χ4v) is 0.375. The minimum atomic E-state index is -2.72. The summed E-state index contributed by atoms with van der Waals surface area (Å²) in [5.74, 6) is 0. The summed E-state index contributed by atoms with van der Waals surface area (Å²) in [6.07, 6.45) is 0. The van der Waals surface area contributed by atoms with Crippen LogP contribution in [0.4, 0.5) is 0 Å². The highest BCUT2D eigenvalue weighted by molar-refractivity contribution is 7.81. The molecule has 67 valence electrons. The molecule has 0 fully saturated rings. The Labute approximate surface area is 89.2 Å². The van der Waals surface area contributed by atoms with Crippen LogP contribution in [0.3, 0.4) is 0 Å². The Morgan fingerprint density at radius 1 is 1.36 bits per heavy atom. The van der Waals surface area contributed by atoms with Crippen molar-refractivity contribution in [1.82, 2.24) is 0 Å². The lowest BCUT2D eigenvalue weighted by molar-refractivity contribution is -0.282. The van der Waals surface area contributed by atoms with Gasteiger partial charge in [0.15, 0.2) is 0 Å². The summed E-state index contributed by atoms with van der Waals surface area (Å²) in [7, 11) is -0.229. The Hall–Kier alpha value is 1.26. The third kappa shape index (κ3) is 34.9. The van der Waals surface area contributed by atoms with E-state index >= 15 is 0 Å². The van der Waals surface area contributed by atoms with Crippen LogP contribution >= 0.6 is 44.3 Å². The Kier molecular flexibility index (Phi) is 10.6. The molecule has 0 bridgehead atoms. The van der Waals surface area contributed by atoms with Gasteiger partial charge in [-0.3, -0.25) is 0 Å². The molecule has 0 unspecified atom stereocenters. The minimum Gasteiger partial charge on any atom is -0.327 e. The van der Waals surface area contributed by atoms with Crippen molar-refractivity contribution in [2.75, 3.05) is 0 Å². The first-order chi connectivity index (χ1) is 4.81. The average Bonchev–Trinajstić information content (AvgIpc) is 1.83. The molecule has 0 saturated carbocycles. The van der Waals surface area contributed by atoms with E-state index in [4.69, 9.17) is 44.3 Å². The predicted octanol–water partition coefficient (Wildman–Crippen LogP) is 1.79. The second kappa shape index (κ2) is 7.89. The highest BCUT2D eigenvalue weighted by Gasteiger charge is 2.19. The summed E-state index contributed by atoms with van der Waals surface area (Å²) in [5, 5.41) is -2.72. The van der Waals surface area contributed by atoms with Crippen LogP contribution in [0.25, 0.3) is 0 Å². The Bertz CT molecular complexity index is 98.8. The summed E-state index contributed by atoms with van der Waals surface area (Å²) < 4.78 is 2.97. The Morgan fingerprint density at radius 2 is 1.64 bits per heavy atom. The molecule has 0 rings (SSSR count). The van der Waals surface area contributed by atoms with E-state index in [1.807, 2.05) is 0 Å². The van der Waals surface area contributed by atoms with Gasteiger partial charge in [-0.2, -0.15) is 0 Å². The van der Waals surface area contributed by atoms with E-state index in [0.29, 0.717) is 0 Å². The van der Waals surface area contributed by atoms with Gasteiger partial charge in [0, 0.05) is 6.04 Å². The van der Waals surface area contributed by atoms with Gasteiger partial charge in [0.05, 0.1) is 0 Å². The molecule has 0 aromatic heterocycles. The van der Waals surface area contributed by atoms with Gasteiger partial charge in [-0.1, -0.05) is 6.92 Å². The maximum absolute atomic E-state index is 4.97. The average molecular weight is 271 g/mol. The molecule has 0 saturated heterocycles. The van der Waals surface area contributed by atoms with Crippen molar-refractivity contribution in [2.45, 2.75) is 19.5 Å². The van der Waals surface area contributed by atoms with Crippen LogP contribution in [0, 0.1) is 0 Å². The normalized spacial score (nSPS) is 10.5. The van der Waals surface area contributed by atoms with Gasteiger partial charge in [0.2, 0.25) is 0 Å². The first-order valence-electron chi connectivity index (χ1n) is 2.92. The predicted molar refractivity (Wildman–Crippen MR) is 59.3 cm³/mol. The third-order valence-corrected chi connectivity index (χ3v) is 2.50. The maximum Gasteiger partial charge on any atom is 0.440 e. The SMILES string of the molecule is C=[NH+][Si](C)CC.Cl[Si](Cl)(Cl)Cl. The van der Waals surface area contributed by atoms with Gasteiger partial charge in [-0.25, -0.2) is 0 Å². The number of hydrogen-bond acceptors (Lipinski definition) is 0. The van der Waals surface area contributed by atoms with Crippen molar-refractivity contribution < 1.29 is 4.66 Å². The minimum absolute atomic E-state index is 0.229. The molecule has 0 heterocycles. The zero-order valence-corrected chi connectivity index (χ0v) is 11.4. The van der Waals surface area contributed by atoms with Crippen LogP contribution in [0.1, 0.15) is 6.92 Å².